The number of hydrogen-bond acceptors (Lipinski definition) is 4. The minimum atomic E-state index is -3.92. The molecule has 25 heavy (non-hydrogen) atoms. The molecule has 1 fully saturated rings. The van der Waals surface area contributed by atoms with E-state index in [1.807, 2.05) is 0 Å². The SMILES string of the molecule is NCC1(C(=O)O)C(c2cccc(Cl)c2)C1S(=O)(=O)c1ccc(Cl)cc1. The van der Waals surface area contributed by atoms with E-state index in [1.54, 1.807) is 24.3 Å². The van der Waals surface area contributed by atoms with Crippen LogP contribution in [-0.4, -0.2) is 31.3 Å². The van der Waals surface area contributed by atoms with Crippen LogP contribution in [-0.2, 0) is 14.6 Å². The van der Waals surface area contributed by atoms with Crippen LogP contribution in [0.4, 0.5) is 0 Å². The molecular formula is C17H15Cl2NO4S. The summed E-state index contributed by atoms with van der Waals surface area (Å²) in [7, 11) is -3.92. The molecule has 1 aliphatic carbocycles. The number of aliphatic carboxylic acids is 1. The van der Waals surface area contributed by atoms with Crippen LogP contribution in [0.1, 0.15) is 11.5 Å². The van der Waals surface area contributed by atoms with Crippen LogP contribution in [0.2, 0.25) is 10.0 Å². The Bertz CT molecular complexity index is 930. The second kappa shape index (κ2) is 6.29. The summed E-state index contributed by atoms with van der Waals surface area (Å²) in [6.45, 7) is -0.295. The van der Waals surface area contributed by atoms with Crippen molar-refractivity contribution in [3.8, 4) is 0 Å². The first kappa shape index (κ1) is 18.2. The van der Waals surface area contributed by atoms with Crippen molar-refractivity contribution in [3.63, 3.8) is 0 Å². The number of carboxylic acids is 1. The summed E-state index contributed by atoms with van der Waals surface area (Å²) in [5, 5.41) is 9.37. The highest BCUT2D eigenvalue weighted by atomic mass is 35.5. The van der Waals surface area contributed by atoms with Crippen LogP contribution in [0.5, 0.6) is 0 Å². The second-order valence-corrected chi connectivity index (χ2v) is 8.94. The van der Waals surface area contributed by atoms with Crippen molar-refractivity contribution in [1.29, 1.82) is 0 Å². The van der Waals surface area contributed by atoms with Crippen LogP contribution in [0.3, 0.4) is 0 Å². The number of rotatable bonds is 5. The Kier molecular flexibility index (Phi) is 4.58. The van der Waals surface area contributed by atoms with E-state index in [1.165, 1.54) is 24.3 Å². The van der Waals surface area contributed by atoms with Gasteiger partial charge in [0, 0.05) is 22.5 Å². The fourth-order valence-electron chi connectivity index (χ4n) is 3.39. The number of halogens is 2. The maximum atomic E-state index is 13.1. The van der Waals surface area contributed by atoms with Crippen molar-refractivity contribution < 1.29 is 18.3 Å². The highest BCUT2D eigenvalue weighted by molar-refractivity contribution is 7.92. The van der Waals surface area contributed by atoms with Crippen LogP contribution >= 0.6 is 23.2 Å². The normalized spacial score (nSPS) is 25.6. The second-order valence-electron chi connectivity index (χ2n) is 6.00. The quantitative estimate of drug-likeness (QED) is 0.804. The van der Waals surface area contributed by atoms with Crippen molar-refractivity contribution in [1.82, 2.24) is 0 Å². The summed E-state index contributed by atoms with van der Waals surface area (Å²) in [6.07, 6.45) is 0. The van der Waals surface area contributed by atoms with Gasteiger partial charge < -0.3 is 10.8 Å². The first-order chi connectivity index (χ1) is 11.7. The maximum Gasteiger partial charge on any atom is 0.312 e. The van der Waals surface area contributed by atoms with Crippen molar-refractivity contribution in [2.75, 3.05) is 6.54 Å². The van der Waals surface area contributed by atoms with Gasteiger partial charge in [-0.05, 0) is 42.0 Å². The third kappa shape index (κ3) is 2.83. The van der Waals surface area contributed by atoms with Gasteiger partial charge in [-0.2, -0.15) is 0 Å². The van der Waals surface area contributed by atoms with Gasteiger partial charge in [0.05, 0.1) is 10.1 Å². The molecule has 8 heteroatoms. The van der Waals surface area contributed by atoms with E-state index in [-0.39, 0.29) is 11.4 Å². The van der Waals surface area contributed by atoms with E-state index in [2.05, 4.69) is 0 Å². The Balaban J connectivity index is 2.12. The predicted octanol–water partition coefficient (Wildman–Crippen LogP) is 2.96. The minimum Gasteiger partial charge on any atom is -0.481 e. The lowest BCUT2D eigenvalue weighted by atomic mass is 9.99. The first-order valence-electron chi connectivity index (χ1n) is 7.43. The van der Waals surface area contributed by atoms with Crippen LogP contribution in [0.25, 0.3) is 0 Å². The monoisotopic (exact) mass is 399 g/mol. The average Bonchev–Trinajstić information content (AvgIpc) is 3.27. The van der Waals surface area contributed by atoms with E-state index in [0.717, 1.165) is 0 Å². The number of carboxylic acid groups (broad SMARTS) is 1. The molecule has 2 aromatic carbocycles. The first-order valence-corrected chi connectivity index (χ1v) is 9.73. The summed E-state index contributed by atoms with van der Waals surface area (Å²) in [5.41, 5.74) is 4.69. The molecule has 3 unspecified atom stereocenters. The van der Waals surface area contributed by atoms with Gasteiger partial charge in [0.15, 0.2) is 9.84 Å². The Hall–Kier alpha value is -1.60. The van der Waals surface area contributed by atoms with E-state index in [0.29, 0.717) is 15.6 Å². The van der Waals surface area contributed by atoms with Crippen molar-refractivity contribution in [2.24, 2.45) is 11.1 Å². The lowest BCUT2D eigenvalue weighted by molar-refractivity contribution is -0.143. The molecule has 0 radical (unpaired) electrons. The Morgan fingerprint density at radius 1 is 1.12 bits per heavy atom. The molecule has 1 saturated carbocycles. The third-order valence-electron chi connectivity index (χ3n) is 4.68. The molecule has 3 N–H and O–H groups in total. The summed E-state index contributed by atoms with van der Waals surface area (Å²) in [4.78, 5) is 11.9. The summed E-state index contributed by atoms with van der Waals surface area (Å²) in [5.74, 6) is -2.00. The zero-order valence-electron chi connectivity index (χ0n) is 12.9. The molecule has 3 atom stereocenters. The zero-order chi connectivity index (χ0) is 18.4. The van der Waals surface area contributed by atoms with Gasteiger partial charge in [-0.15, -0.1) is 0 Å². The Morgan fingerprint density at radius 2 is 1.76 bits per heavy atom. The smallest absolute Gasteiger partial charge is 0.312 e. The molecule has 0 spiro atoms. The fourth-order valence-corrected chi connectivity index (χ4v) is 6.10. The minimum absolute atomic E-state index is 0.0190. The lowest BCUT2D eigenvalue weighted by Gasteiger charge is -2.10. The van der Waals surface area contributed by atoms with E-state index in [4.69, 9.17) is 28.9 Å². The standard InChI is InChI=1S/C17H15Cl2NO4S/c18-11-4-6-13(7-5-11)25(23,24)15-14(17(15,9-20)16(21)22)10-2-1-3-12(19)8-10/h1-8,14-15H,9,20H2,(H,21,22). The van der Waals surface area contributed by atoms with Gasteiger partial charge in [0.25, 0.3) is 0 Å². The fraction of sp³-hybridized carbons (Fsp3) is 0.235. The van der Waals surface area contributed by atoms with Gasteiger partial charge in [0.2, 0.25) is 0 Å². The van der Waals surface area contributed by atoms with Gasteiger partial charge in [-0.1, -0.05) is 35.3 Å². The molecule has 0 amide bonds. The highest BCUT2D eigenvalue weighted by Crippen LogP contribution is 2.63. The molecule has 3 rings (SSSR count). The molecule has 0 saturated heterocycles. The molecular weight excluding hydrogens is 385 g/mol. The number of benzene rings is 2. The van der Waals surface area contributed by atoms with Crippen LogP contribution in [0.15, 0.2) is 53.4 Å². The largest absolute Gasteiger partial charge is 0.481 e. The number of nitrogens with two attached hydrogens (primary N) is 1. The Labute approximate surface area is 155 Å². The molecule has 2 aromatic rings. The van der Waals surface area contributed by atoms with Crippen molar-refractivity contribution >= 4 is 39.0 Å². The third-order valence-corrected chi connectivity index (χ3v) is 7.45. The summed E-state index contributed by atoms with van der Waals surface area (Å²) < 4.78 is 26.1. The van der Waals surface area contributed by atoms with Crippen LogP contribution in [0, 0.1) is 5.41 Å². The van der Waals surface area contributed by atoms with Gasteiger partial charge in [0.1, 0.15) is 5.41 Å². The van der Waals surface area contributed by atoms with Crippen molar-refractivity contribution in [2.45, 2.75) is 16.1 Å². The molecule has 0 aliphatic heterocycles. The molecule has 5 nitrogen and oxygen atoms in total. The van der Waals surface area contributed by atoms with Crippen molar-refractivity contribution in [3.05, 3.63) is 64.1 Å². The van der Waals surface area contributed by atoms with E-state index in [9.17, 15) is 18.3 Å². The maximum absolute atomic E-state index is 13.1. The van der Waals surface area contributed by atoms with Crippen LogP contribution < -0.4 is 5.73 Å². The molecule has 0 heterocycles. The lowest BCUT2D eigenvalue weighted by Crippen LogP contribution is -2.31. The average molecular weight is 400 g/mol. The van der Waals surface area contributed by atoms with Gasteiger partial charge in [-0.3, -0.25) is 4.79 Å². The zero-order valence-corrected chi connectivity index (χ0v) is 15.2. The molecule has 1 aliphatic rings. The Morgan fingerprint density at radius 3 is 2.28 bits per heavy atom. The highest BCUT2D eigenvalue weighted by Gasteiger charge is 2.75. The number of hydrogen-bond donors (Lipinski definition) is 2. The van der Waals surface area contributed by atoms with E-state index >= 15 is 0 Å². The predicted molar refractivity (Wildman–Crippen MR) is 95.7 cm³/mol. The molecule has 0 aromatic heterocycles. The van der Waals surface area contributed by atoms with Gasteiger partial charge in [-0.25, -0.2) is 8.42 Å². The molecule has 0 bridgehead atoms. The van der Waals surface area contributed by atoms with Gasteiger partial charge >= 0.3 is 5.97 Å². The topological polar surface area (TPSA) is 97.5 Å². The molecule has 132 valence electrons. The summed E-state index contributed by atoms with van der Waals surface area (Å²) >= 11 is 11.8. The summed E-state index contributed by atoms with van der Waals surface area (Å²) in [6, 6.07) is 12.2. The van der Waals surface area contributed by atoms with E-state index < -0.39 is 32.4 Å². The number of sulfone groups is 1. The number of carbonyl (C=O) groups is 1.